The zero-order chi connectivity index (χ0) is 22.4. The van der Waals surface area contributed by atoms with Crippen LogP contribution < -0.4 is 10.9 Å². The van der Waals surface area contributed by atoms with E-state index in [0.717, 1.165) is 46.6 Å². The minimum Gasteiger partial charge on any atom is -0.325 e. The van der Waals surface area contributed by atoms with E-state index in [2.05, 4.69) is 30.5 Å². The smallest absolute Gasteiger partial charge is 0.259 e. The van der Waals surface area contributed by atoms with Crippen LogP contribution in [0.15, 0.2) is 29.1 Å². The van der Waals surface area contributed by atoms with Gasteiger partial charge in [-0.25, -0.2) is 9.97 Å². The van der Waals surface area contributed by atoms with E-state index in [9.17, 15) is 9.59 Å². The lowest BCUT2D eigenvalue weighted by Crippen LogP contribution is -2.15. The highest BCUT2D eigenvalue weighted by molar-refractivity contribution is 7.99. The van der Waals surface area contributed by atoms with Crippen molar-refractivity contribution < 1.29 is 4.79 Å². The van der Waals surface area contributed by atoms with Crippen LogP contribution in [-0.2, 0) is 23.4 Å². The van der Waals surface area contributed by atoms with Gasteiger partial charge in [-0.15, -0.1) is 23.1 Å². The Morgan fingerprint density at radius 2 is 2.03 bits per heavy atom. The number of carbonyl (C=O) groups excluding carboxylic acids is 1. The molecule has 0 radical (unpaired) electrons. The van der Waals surface area contributed by atoms with Crippen molar-refractivity contribution in [2.24, 2.45) is 0 Å². The standard InChI is InChI=1S/C23H22N6O2S2/c30-18(24-14-8-6-13(7-9-14)21-27-20(28-29-21)12-4-5-12)11-32-10-17-25-22(31)19-15-2-1-3-16(15)33-23(19)26-17/h6-9,12H,1-5,10-11H2,(H,24,30)(H,25,26,31)(H,27,28,29). The first-order valence-corrected chi connectivity index (χ1v) is 13.0. The summed E-state index contributed by atoms with van der Waals surface area (Å²) < 4.78 is 0. The first kappa shape index (κ1) is 20.6. The lowest BCUT2D eigenvalue weighted by atomic mass is 10.2. The van der Waals surface area contributed by atoms with Gasteiger partial charge in [0.05, 0.1) is 16.9 Å². The molecular weight excluding hydrogens is 456 g/mol. The van der Waals surface area contributed by atoms with E-state index in [4.69, 9.17) is 0 Å². The van der Waals surface area contributed by atoms with Gasteiger partial charge in [0.1, 0.15) is 16.5 Å². The third-order valence-electron chi connectivity index (χ3n) is 5.99. The number of aryl methyl sites for hydroxylation is 2. The molecule has 2 aliphatic carbocycles. The summed E-state index contributed by atoms with van der Waals surface area (Å²) in [6.07, 6.45) is 5.48. The minimum atomic E-state index is -0.0970. The molecule has 1 fully saturated rings. The van der Waals surface area contributed by atoms with Crippen molar-refractivity contribution in [3.63, 3.8) is 0 Å². The average molecular weight is 479 g/mol. The van der Waals surface area contributed by atoms with Crippen LogP contribution >= 0.6 is 23.1 Å². The van der Waals surface area contributed by atoms with Gasteiger partial charge in [0.2, 0.25) is 5.91 Å². The third kappa shape index (κ3) is 4.20. The lowest BCUT2D eigenvalue weighted by molar-refractivity contribution is -0.113. The number of thioether (sulfide) groups is 1. The Bertz CT molecular complexity index is 1400. The first-order valence-electron chi connectivity index (χ1n) is 11.1. The van der Waals surface area contributed by atoms with E-state index >= 15 is 0 Å². The van der Waals surface area contributed by atoms with Crippen molar-refractivity contribution in [2.75, 3.05) is 11.1 Å². The number of carbonyl (C=O) groups is 1. The predicted octanol–water partition coefficient (Wildman–Crippen LogP) is 4.01. The van der Waals surface area contributed by atoms with Gasteiger partial charge in [0.15, 0.2) is 5.82 Å². The molecule has 1 saturated carbocycles. The number of rotatable bonds is 7. The number of aromatic nitrogens is 5. The van der Waals surface area contributed by atoms with Gasteiger partial charge in [0.25, 0.3) is 5.56 Å². The summed E-state index contributed by atoms with van der Waals surface area (Å²) in [5.74, 6) is 3.44. The summed E-state index contributed by atoms with van der Waals surface area (Å²) in [5.41, 5.74) is 2.76. The fourth-order valence-electron chi connectivity index (χ4n) is 4.20. The number of nitrogens with one attached hydrogen (secondary N) is 3. The molecule has 6 rings (SSSR count). The molecular formula is C23H22N6O2S2. The third-order valence-corrected chi connectivity index (χ3v) is 8.12. The normalized spacial score (nSPS) is 15.2. The molecule has 2 aliphatic rings. The van der Waals surface area contributed by atoms with E-state index in [0.29, 0.717) is 23.3 Å². The topological polar surface area (TPSA) is 116 Å². The molecule has 3 N–H and O–H groups in total. The van der Waals surface area contributed by atoms with Crippen molar-refractivity contribution in [2.45, 2.75) is 43.8 Å². The van der Waals surface area contributed by atoms with Gasteiger partial charge < -0.3 is 10.3 Å². The highest BCUT2D eigenvalue weighted by Gasteiger charge is 2.27. The van der Waals surface area contributed by atoms with Crippen molar-refractivity contribution in [1.29, 1.82) is 0 Å². The van der Waals surface area contributed by atoms with Crippen LogP contribution in [0.3, 0.4) is 0 Å². The zero-order valence-electron chi connectivity index (χ0n) is 17.8. The number of H-pyrrole nitrogens is 2. The monoisotopic (exact) mass is 478 g/mol. The summed E-state index contributed by atoms with van der Waals surface area (Å²) >= 11 is 3.06. The minimum absolute atomic E-state index is 0.0600. The van der Waals surface area contributed by atoms with E-state index in [1.54, 1.807) is 11.3 Å². The van der Waals surface area contributed by atoms with Gasteiger partial charge in [-0.1, -0.05) is 0 Å². The number of benzene rings is 1. The fraction of sp³-hybridized carbons (Fsp3) is 0.348. The van der Waals surface area contributed by atoms with Crippen LogP contribution in [0.4, 0.5) is 5.69 Å². The molecule has 0 aliphatic heterocycles. The molecule has 10 heteroatoms. The number of nitrogens with zero attached hydrogens (tertiary/aromatic N) is 3. The molecule has 33 heavy (non-hydrogen) atoms. The molecule has 1 amide bonds. The van der Waals surface area contributed by atoms with E-state index in [1.165, 1.54) is 35.0 Å². The highest BCUT2D eigenvalue weighted by atomic mass is 32.2. The molecule has 0 bridgehead atoms. The number of hydrogen-bond donors (Lipinski definition) is 3. The maximum atomic E-state index is 12.5. The largest absolute Gasteiger partial charge is 0.325 e. The van der Waals surface area contributed by atoms with E-state index in [1.807, 2.05) is 24.3 Å². The summed E-state index contributed by atoms with van der Waals surface area (Å²) in [7, 11) is 0. The Morgan fingerprint density at radius 1 is 1.18 bits per heavy atom. The number of aromatic amines is 2. The van der Waals surface area contributed by atoms with Crippen molar-refractivity contribution in [3.8, 4) is 11.4 Å². The number of hydrogen-bond acceptors (Lipinski definition) is 7. The first-order chi connectivity index (χ1) is 16.1. The predicted molar refractivity (Wildman–Crippen MR) is 131 cm³/mol. The van der Waals surface area contributed by atoms with Crippen molar-refractivity contribution in [3.05, 3.63) is 56.7 Å². The number of anilines is 1. The zero-order valence-corrected chi connectivity index (χ0v) is 19.4. The second-order valence-corrected chi connectivity index (χ2v) is 10.6. The highest BCUT2D eigenvalue weighted by Crippen LogP contribution is 2.38. The number of thiophene rings is 1. The quantitative estimate of drug-likeness (QED) is 0.370. The van der Waals surface area contributed by atoms with E-state index in [-0.39, 0.29) is 17.2 Å². The SMILES string of the molecule is O=C(CSCc1nc2sc3c(c2c(=O)[nH]1)CCC3)Nc1ccc(-c2n[nH]c(C3CC3)n2)cc1. The van der Waals surface area contributed by atoms with Crippen LogP contribution in [0.25, 0.3) is 21.6 Å². The summed E-state index contributed by atoms with van der Waals surface area (Å²) in [5, 5.41) is 11.0. The van der Waals surface area contributed by atoms with Gasteiger partial charge in [0, 0.05) is 22.0 Å². The number of fused-ring (bicyclic) bond motifs is 3. The molecule has 3 heterocycles. The second-order valence-electron chi connectivity index (χ2n) is 8.49. The average Bonchev–Trinajstić information content (AvgIpc) is 3.19. The Kier molecular flexibility index (Phi) is 5.26. The van der Waals surface area contributed by atoms with E-state index < -0.39 is 0 Å². The molecule has 8 nitrogen and oxygen atoms in total. The maximum Gasteiger partial charge on any atom is 0.259 e. The number of amides is 1. The molecule has 1 aromatic carbocycles. The second kappa shape index (κ2) is 8.42. The van der Waals surface area contributed by atoms with Crippen LogP contribution in [0.1, 0.15) is 47.3 Å². The maximum absolute atomic E-state index is 12.5. The van der Waals surface area contributed by atoms with Crippen molar-refractivity contribution >= 4 is 44.9 Å². The molecule has 0 atom stereocenters. The molecule has 0 spiro atoms. The van der Waals surface area contributed by atoms with Gasteiger partial charge in [-0.05, 0) is 61.9 Å². The van der Waals surface area contributed by atoms with Crippen molar-refractivity contribution in [1.82, 2.24) is 25.1 Å². The van der Waals surface area contributed by atoms with Gasteiger partial charge in [-0.3, -0.25) is 14.7 Å². The summed E-state index contributed by atoms with van der Waals surface area (Å²) in [4.78, 5) is 39.1. The van der Waals surface area contributed by atoms with Gasteiger partial charge in [-0.2, -0.15) is 5.10 Å². The Labute approximate surface area is 197 Å². The van der Waals surface area contributed by atoms with Crippen LogP contribution in [0, 0.1) is 0 Å². The molecule has 168 valence electrons. The van der Waals surface area contributed by atoms with Crippen LogP contribution in [0.5, 0.6) is 0 Å². The Morgan fingerprint density at radius 3 is 2.85 bits per heavy atom. The lowest BCUT2D eigenvalue weighted by Gasteiger charge is -2.06. The summed E-state index contributed by atoms with van der Waals surface area (Å²) in [6.45, 7) is 0. The molecule has 4 aromatic rings. The molecule has 0 saturated heterocycles. The fourth-order valence-corrected chi connectivity index (χ4v) is 6.17. The van der Waals surface area contributed by atoms with Gasteiger partial charge >= 0.3 is 0 Å². The Hall–Kier alpha value is -2.98. The molecule has 3 aromatic heterocycles. The Balaban J connectivity index is 1.04. The van der Waals surface area contributed by atoms with Crippen LogP contribution in [0.2, 0.25) is 0 Å². The molecule has 0 unspecified atom stereocenters. The van der Waals surface area contributed by atoms with Crippen LogP contribution in [-0.4, -0.2) is 36.8 Å². The summed E-state index contributed by atoms with van der Waals surface area (Å²) in [6, 6.07) is 7.53.